The molecule has 2 rings (SSSR count). The molecule has 0 aliphatic rings. The highest BCUT2D eigenvalue weighted by atomic mass is 16.5. The number of Topliss-reactive ketones (excluding diaryl/α,β-unsaturated/α-hetero) is 1. The third-order valence-electron chi connectivity index (χ3n) is 3.85. The van der Waals surface area contributed by atoms with Gasteiger partial charge in [-0.05, 0) is 50.6 Å². The monoisotopic (exact) mass is 363 g/mol. The Labute approximate surface area is 158 Å². The van der Waals surface area contributed by atoms with Crippen molar-refractivity contribution in [1.82, 2.24) is 0 Å². The van der Waals surface area contributed by atoms with Crippen molar-refractivity contribution in [2.24, 2.45) is 0 Å². The molecule has 0 heterocycles. The lowest BCUT2D eigenvalue weighted by molar-refractivity contribution is -0.139. The van der Waals surface area contributed by atoms with Crippen molar-refractivity contribution in [2.45, 2.75) is 27.4 Å². The molecule has 0 unspecified atom stereocenters. The quantitative estimate of drug-likeness (QED) is 0.318. The Morgan fingerprint density at radius 1 is 1.15 bits per heavy atom. The Hall–Kier alpha value is -3.39. The molecule has 0 radical (unpaired) electrons. The van der Waals surface area contributed by atoms with Gasteiger partial charge in [-0.25, -0.2) is 4.79 Å². The zero-order valence-corrected chi connectivity index (χ0v) is 15.6. The number of esters is 1. The fourth-order valence-electron chi connectivity index (χ4n) is 2.39. The molecule has 138 valence electrons. The van der Waals surface area contributed by atoms with Gasteiger partial charge in [0.25, 0.3) is 0 Å². The van der Waals surface area contributed by atoms with Crippen molar-refractivity contribution in [2.75, 3.05) is 6.61 Å². The SMILES string of the molecule is CCOc1ccc(C(C)=O)cc1COC(=O)/C(C#N)=C/c1ccc(C)cc1. The standard InChI is InChI=1S/C22H21NO4/c1-4-26-21-10-9-18(16(3)24)12-20(21)14-27-22(25)19(13-23)11-17-7-5-15(2)6-8-17/h5-12H,4,14H2,1-3H3/b19-11+. The van der Waals surface area contributed by atoms with Crippen LogP contribution in [0.15, 0.2) is 48.0 Å². The molecule has 0 saturated carbocycles. The van der Waals surface area contributed by atoms with Crippen LogP contribution in [0.3, 0.4) is 0 Å². The molecule has 0 N–H and O–H groups in total. The minimum Gasteiger partial charge on any atom is -0.493 e. The Kier molecular flexibility index (Phi) is 6.90. The van der Waals surface area contributed by atoms with Crippen LogP contribution in [0.25, 0.3) is 6.08 Å². The summed E-state index contributed by atoms with van der Waals surface area (Å²) < 4.78 is 10.8. The molecule has 0 bridgehead atoms. The smallest absolute Gasteiger partial charge is 0.349 e. The topological polar surface area (TPSA) is 76.4 Å². The van der Waals surface area contributed by atoms with Gasteiger partial charge >= 0.3 is 5.97 Å². The molecule has 0 saturated heterocycles. The highest BCUT2D eigenvalue weighted by Crippen LogP contribution is 2.22. The molecule has 0 atom stereocenters. The van der Waals surface area contributed by atoms with Crippen LogP contribution in [0.5, 0.6) is 5.75 Å². The van der Waals surface area contributed by atoms with E-state index in [1.807, 2.05) is 44.2 Å². The molecule has 0 aromatic heterocycles. The third kappa shape index (κ3) is 5.55. The molecule has 0 fully saturated rings. The minimum absolute atomic E-state index is 0.0948. The van der Waals surface area contributed by atoms with Crippen LogP contribution in [0.4, 0.5) is 0 Å². The first-order valence-electron chi connectivity index (χ1n) is 8.56. The summed E-state index contributed by atoms with van der Waals surface area (Å²) >= 11 is 0. The van der Waals surface area contributed by atoms with Gasteiger partial charge < -0.3 is 9.47 Å². The lowest BCUT2D eigenvalue weighted by atomic mass is 10.1. The highest BCUT2D eigenvalue weighted by molar-refractivity contribution is 5.98. The molecule has 0 amide bonds. The van der Waals surface area contributed by atoms with Gasteiger partial charge in [0.05, 0.1) is 6.61 Å². The molecule has 0 spiro atoms. The fourth-order valence-corrected chi connectivity index (χ4v) is 2.39. The van der Waals surface area contributed by atoms with Crippen molar-refractivity contribution in [3.05, 3.63) is 70.3 Å². The lowest BCUT2D eigenvalue weighted by Gasteiger charge is -2.12. The number of ether oxygens (including phenoxy) is 2. The normalized spacial score (nSPS) is 10.8. The predicted octanol–water partition coefficient (Wildman–Crippen LogP) is 4.25. The number of carbonyl (C=O) groups excluding carboxylic acids is 2. The zero-order chi connectivity index (χ0) is 19.8. The second-order valence-corrected chi connectivity index (χ2v) is 5.97. The summed E-state index contributed by atoms with van der Waals surface area (Å²) in [6.45, 7) is 5.60. The average molecular weight is 363 g/mol. The van der Waals surface area contributed by atoms with Crippen molar-refractivity contribution in [3.63, 3.8) is 0 Å². The first kappa shape index (κ1) is 19.9. The van der Waals surface area contributed by atoms with E-state index in [-0.39, 0.29) is 18.0 Å². The first-order valence-corrected chi connectivity index (χ1v) is 8.56. The largest absolute Gasteiger partial charge is 0.493 e. The number of nitrogens with zero attached hydrogens (tertiary/aromatic N) is 1. The van der Waals surface area contributed by atoms with Gasteiger partial charge in [0.15, 0.2) is 5.78 Å². The second-order valence-electron chi connectivity index (χ2n) is 5.97. The van der Waals surface area contributed by atoms with Crippen LogP contribution in [0.1, 0.15) is 40.9 Å². The van der Waals surface area contributed by atoms with Crippen LogP contribution in [-0.4, -0.2) is 18.4 Å². The predicted molar refractivity (Wildman–Crippen MR) is 102 cm³/mol. The number of benzene rings is 2. The molecule has 5 nitrogen and oxygen atoms in total. The zero-order valence-electron chi connectivity index (χ0n) is 15.6. The number of rotatable bonds is 7. The number of carbonyl (C=O) groups is 2. The van der Waals surface area contributed by atoms with Gasteiger partial charge in [-0.3, -0.25) is 4.79 Å². The van der Waals surface area contributed by atoms with Crippen molar-refractivity contribution in [1.29, 1.82) is 5.26 Å². The van der Waals surface area contributed by atoms with Gasteiger partial charge in [-0.2, -0.15) is 5.26 Å². The van der Waals surface area contributed by atoms with Crippen LogP contribution in [0.2, 0.25) is 0 Å². The summed E-state index contributed by atoms with van der Waals surface area (Å²) in [4.78, 5) is 23.9. The van der Waals surface area contributed by atoms with E-state index in [0.29, 0.717) is 23.5 Å². The van der Waals surface area contributed by atoms with Gasteiger partial charge in [0.1, 0.15) is 24.0 Å². The molecular formula is C22H21NO4. The Morgan fingerprint density at radius 3 is 2.44 bits per heavy atom. The van der Waals surface area contributed by atoms with E-state index in [1.54, 1.807) is 18.2 Å². The van der Waals surface area contributed by atoms with Crippen molar-refractivity contribution in [3.8, 4) is 11.8 Å². The second kappa shape index (κ2) is 9.35. The Balaban J connectivity index is 2.17. The maximum atomic E-state index is 12.3. The fraction of sp³-hybridized carbons (Fsp3) is 0.227. The maximum absolute atomic E-state index is 12.3. The number of hydrogen-bond donors (Lipinski definition) is 0. The maximum Gasteiger partial charge on any atom is 0.349 e. The van der Waals surface area contributed by atoms with Gasteiger partial charge in [0, 0.05) is 11.1 Å². The van der Waals surface area contributed by atoms with E-state index in [9.17, 15) is 14.9 Å². The van der Waals surface area contributed by atoms with Crippen molar-refractivity contribution < 1.29 is 19.1 Å². The average Bonchev–Trinajstić information content (AvgIpc) is 2.66. The summed E-state index contributed by atoms with van der Waals surface area (Å²) in [5.41, 5.74) is 2.80. The molecule has 0 aliphatic carbocycles. The van der Waals surface area contributed by atoms with E-state index in [4.69, 9.17) is 9.47 Å². The van der Waals surface area contributed by atoms with Gasteiger partial charge in [-0.15, -0.1) is 0 Å². The van der Waals surface area contributed by atoms with E-state index in [0.717, 1.165) is 11.1 Å². The van der Waals surface area contributed by atoms with Crippen molar-refractivity contribution >= 4 is 17.8 Å². The number of nitriles is 1. The Morgan fingerprint density at radius 2 is 1.85 bits per heavy atom. The summed E-state index contributed by atoms with van der Waals surface area (Å²) in [7, 11) is 0. The van der Waals surface area contributed by atoms with Gasteiger partial charge in [-0.1, -0.05) is 29.8 Å². The summed E-state index contributed by atoms with van der Waals surface area (Å²) in [5, 5.41) is 9.28. The Bertz CT molecular complexity index is 905. The summed E-state index contributed by atoms with van der Waals surface area (Å²) in [5.74, 6) is -0.285. The van der Waals surface area contributed by atoms with E-state index in [1.165, 1.54) is 13.0 Å². The molecule has 0 aliphatic heterocycles. The first-order chi connectivity index (χ1) is 12.9. The summed E-state index contributed by atoms with van der Waals surface area (Å²) in [6, 6.07) is 14.3. The van der Waals surface area contributed by atoms with Crippen LogP contribution in [-0.2, 0) is 16.1 Å². The van der Waals surface area contributed by atoms with E-state index < -0.39 is 5.97 Å². The molecule has 5 heteroatoms. The van der Waals surface area contributed by atoms with Crippen LogP contribution < -0.4 is 4.74 Å². The lowest BCUT2D eigenvalue weighted by Crippen LogP contribution is -2.09. The number of aryl methyl sites for hydroxylation is 1. The molecular weight excluding hydrogens is 342 g/mol. The highest BCUT2D eigenvalue weighted by Gasteiger charge is 2.14. The van der Waals surface area contributed by atoms with Gasteiger partial charge in [0.2, 0.25) is 0 Å². The van der Waals surface area contributed by atoms with Crippen LogP contribution >= 0.6 is 0 Å². The molecule has 2 aromatic rings. The van der Waals surface area contributed by atoms with Crippen LogP contribution in [0, 0.1) is 18.3 Å². The number of ketones is 1. The third-order valence-corrected chi connectivity index (χ3v) is 3.85. The molecule has 27 heavy (non-hydrogen) atoms. The number of hydrogen-bond acceptors (Lipinski definition) is 5. The molecule has 2 aromatic carbocycles. The van der Waals surface area contributed by atoms with E-state index in [2.05, 4.69) is 0 Å². The van der Waals surface area contributed by atoms with E-state index >= 15 is 0 Å². The minimum atomic E-state index is -0.728. The summed E-state index contributed by atoms with van der Waals surface area (Å²) in [6.07, 6.45) is 1.48.